The zero-order valence-electron chi connectivity index (χ0n) is 6.83. The zero-order chi connectivity index (χ0) is 9.56. The maximum Gasteiger partial charge on any atom is 0.236 e. The van der Waals surface area contributed by atoms with Crippen LogP contribution in [0.4, 0.5) is 0 Å². The Bertz CT molecular complexity index is 171. The number of hydrogen-bond donors (Lipinski definition) is 4. The van der Waals surface area contributed by atoms with E-state index >= 15 is 0 Å². The molecule has 0 spiro atoms. The molecule has 2 amide bonds. The number of carbonyl (C=O) groups is 2. The Kier molecular flexibility index (Phi) is 4.98. The summed E-state index contributed by atoms with van der Waals surface area (Å²) in [6, 6.07) is 0. The summed E-state index contributed by atoms with van der Waals surface area (Å²) in [5.41, 5.74) is 1.87. The van der Waals surface area contributed by atoms with Gasteiger partial charge in [-0.2, -0.15) is 0 Å². The van der Waals surface area contributed by atoms with Gasteiger partial charge < -0.3 is 10.4 Å². The fraction of sp³-hybridized carbons (Fsp3) is 0.667. The molecule has 0 bridgehead atoms. The number of aliphatic hydroxyl groups is 1. The van der Waals surface area contributed by atoms with Crippen molar-refractivity contribution in [3.8, 4) is 0 Å². The van der Waals surface area contributed by atoms with Crippen LogP contribution in [0.3, 0.4) is 0 Å². The van der Waals surface area contributed by atoms with E-state index in [0.29, 0.717) is 0 Å². The lowest BCUT2D eigenvalue weighted by Gasteiger charge is -2.08. The van der Waals surface area contributed by atoms with Crippen molar-refractivity contribution in [1.82, 2.24) is 10.7 Å². The molecule has 12 heavy (non-hydrogen) atoms. The monoisotopic (exact) mass is 175 g/mol. The first-order valence-corrected chi connectivity index (χ1v) is 3.48. The molecular formula is C6H13N3O3. The first-order chi connectivity index (χ1) is 5.56. The highest BCUT2D eigenvalue weighted by atomic mass is 16.3. The van der Waals surface area contributed by atoms with Crippen LogP contribution in [0.25, 0.3) is 0 Å². The van der Waals surface area contributed by atoms with E-state index in [1.165, 1.54) is 6.92 Å². The first kappa shape index (κ1) is 10.9. The van der Waals surface area contributed by atoms with E-state index in [1.54, 1.807) is 0 Å². The standard InChI is InChI=1S/C6H13N3O3/c1-4(10)8-3-5(11)2-6(12)9-7/h5,11H,2-3,7H2,1H3,(H,8,10)(H,9,12). The molecule has 0 saturated heterocycles. The van der Waals surface area contributed by atoms with Crippen molar-refractivity contribution in [3.05, 3.63) is 0 Å². The molecule has 0 aliphatic heterocycles. The maximum absolute atomic E-state index is 10.6. The second-order valence-corrected chi connectivity index (χ2v) is 2.36. The van der Waals surface area contributed by atoms with Crippen LogP contribution in [0, 0.1) is 0 Å². The third kappa shape index (κ3) is 5.63. The molecule has 0 aromatic carbocycles. The number of hydrazine groups is 1. The largest absolute Gasteiger partial charge is 0.391 e. The Morgan fingerprint density at radius 3 is 2.58 bits per heavy atom. The quantitative estimate of drug-likeness (QED) is 0.222. The Morgan fingerprint density at radius 2 is 2.17 bits per heavy atom. The molecule has 0 rings (SSSR count). The van der Waals surface area contributed by atoms with Gasteiger partial charge in [0, 0.05) is 13.5 Å². The van der Waals surface area contributed by atoms with E-state index in [0.717, 1.165) is 0 Å². The molecule has 0 saturated carbocycles. The number of aliphatic hydroxyl groups excluding tert-OH is 1. The zero-order valence-corrected chi connectivity index (χ0v) is 6.83. The minimum absolute atomic E-state index is 0.0583. The van der Waals surface area contributed by atoms with Crippen LogP contribution in [-0.4, -0.2) is 29.6 Å². The summed E-state index contributed by atoms with van der Waals surface area (Å²) in [4.78, 5) is 20.9. The first-order valence-electron chi connectivity index (χ1n) is 3.48. The van der Waals surface area contributed by atoms with Crippen molar-refractivity contribution in [1.29, 1.82) is 0 Å². The third-order valence-electron chi connectivity index (χ3n) is 1.17. The van der Waals surface area contributed by atoms with Gasteiger partial charge in [0.2, 0.25) is 11.8 Å². The average Bonchev–Trinajstić information content (AvgIpc) is 2.00. The highest BCUT2D eigenvalue weighted by Crippen LogP contribution is 1.88. The summed E-state index contributed by atoms with van der Waals surface area (Å²) < 4.78 is 0. The molecule has 0 aliphatic rings. The van der Waals surface area contributed by atoms with Crippen LogP contribution in [0.15, 0.2) is 0 Å². The van der Waals surface area contributed by atoms with Gasteiger partial charge in [0.1, 0.15) is 0 Å². The summed E-state index contributed by atoms with van der Waals surface area (Å²) in [7, 11) is 0. The van der Waals surface area contributed by atoms with E-state index in [1.807, 2.05) is 5.43 Å². The van der Waals surface area contributed by atoms with Crippen molar-refractivity contribution >= 4 is 11.8 Å². The average molecular weight is 175 g/mol. The summed E-state index contributed by atoms with van der Waals surface area (Å²) in [6.45, 7) is 1.39. The highest BCUT2D eigenvalue weighted by Gasteiger charge is 2.09. The van der Waals surface area contributed by atoms with Crippen molar-refractivity contribution in [2.75, 3.05) is 6.54 Å². The minimum Gasteiger partial charge on any atom is -0.391 e. The molecule has 0 radical (unpaired) electrons. The smallest absolute Gasteiger partial charge is 0.236 e. The van der Waals surface area contributed by atoms with Gasteiger partial charge in [-0.1, -0.05) is 0 Å². The van der Waals surface area contributed by atoms with Crippen LogP contribution in [0.5, 0.6) is 0 Å². The van der Waals surface area contributed by atoms with Gasteiger partial charge in [-0.25, -0.2) is 5.84 Å². The van der Waals surface area contributed by atoms with Gasteiger partial charge in [-0.05, 0) is 0 Å². The van der Waals surface area contributed by atoms with Crippen LogP contribution in [-0.2, 0) is 9.59 Å². The molecule has 0 aromatic rings. The molecule has 6 heteroatoms. The Balaban J connectivity index is 3.52. The number of nitrogens with one attached hydrogen (secondary N) is 2. The van der Waals surface area contributed by atoms with E-state index in [4.69, 9.17) is 10.9 Å². The second kappa shape index (κ2) is 5.50. The number of nitrogens with two attached hydrogens (primary N) is 1. The fourth-order valence-electron chi connectivity index (χ4n) is 0.607. The fourth-order valence-corrected chi connectivity index (χ4v) is 0.607. The van der Waals surface area contributed by atoms with E-state index in [-0.39, 0.29) is 18.9 Å². The predicted molar refractivity (Wildman–Crippen MR) is 41.6 cm³/mol. The molecule has 1 atom stereocenters. The lowest BCUT2D eigenvalue weighted by atomic mass is 10.2. The van der Waals surface area contributed by atoms with Gasteiger partial charge in [-0.15, -0.1) is 0 Å². The molecule has 1 unspecified atom stereocenters. The topological polar surface area (TPSA) is 104 Å². The number of amides is 2. The lowest BCUT2D eigenvalue weighted by molar-refractivity contribution is -0.124. The Morgan fingerprint density at radius 1 is 1.58 bits per heavy atom. The molecule has 0 aliphatic carbocycles. The van der Waals surface area contributed by atoms with Crippen LogP contribution in [0.2, 0.25) is 0 Å². The van der Waals surface area contributed by atoms with E-state index in [2.05, 4.69) is 5.32 Å². The molecule has 0 heterocycles. The number of hydrogen-bond acceptors (Lipinski definition) is 4. The molecule has 5 N–H and O–H groups in total. The van der Waals surface area contributed by atoms with Gasteiger partial charge in [0.25, 0.3) is 0 Å². The maximum atomic E-state index is 10.6. The molecule has 70 valence electrons. The second-order valence-electron chi connectivity index (χ2n) is 2.36. The van der Waals surface area contributed by atoms with Crippen molar-refractivity contribution in [2.24, 2.45) is 5.84 Å². The van der Waals surface area contributed by atoms with Gasteiger partial charge in [0.05, 0.1) is 12.5 Å². The predicted octanol–water partition coefficient (Wildman–Crippen LogP) is -2.14. The van der Waals surface area contributed by atoms with E-state index in [9.17, 15) is 9.59 Å². The summed E-state index contributed by atoms with van der Waals surface area (Å²) in [6.07, 6.45) is -1.01. The van der Waals surface area contributed by atoms with Crippen LogP contribution < -0.4 is 16.6 Å². The van der Waals surface area contributed by atoms with Crippen LogP contribution in [0.1, 0.15) is 13.3 Å². The van der Waals surface area contributed by atoms with Crippen molar-refractivity contribution in [2.45, 2.75) is 19.4 Å². The lowest BCUT2D eigenvalue weighted by Crippen LogP contribution is -2.37. The summed E-state index contributed by atoms with van der Waals surface area (Å²) in [5, 5.41) is 11.4. The number of rotatable bonds is 4. The molecule has 6 nitrogen and oxygen atoms in total. The van der Waals surface area contributed by atoms with Gasteiger partial charge in [-0.3, -0.25) is 15.0 Å². The van der Waals surface area contributed by atoms with Gasteiger partial charge in [0.15, 0.2) is 0 Å². The van der Waals surface area contributed by atoms with E-state index < -0.39 is 12.0 Å². The molecular weight excluding hydrogens is 162 g/mol. The molecule has 0 fully saturated rings. The van der Waals surface area contributed by atoms with Gasteiger partial charge >= 0.3 is 0 Å². The highest BCUT2D eigenvalue weighted by molar-refractivity contribution is 5.76. The molecule has 0 aromatic heterocycles. The van der Waals surface area contributed by atoms with Crippen LogP contribution >= 0.6 is 0 Å². The number of carbonyl (C=O) groups excluding carboxylic acids is 2. The van der Waals surface area contributed by atoms with Crippen molar-refractivity contribution < 1.29 is 14.7 Å². The minimum atomic E-state index is -0.891. The van der Waals surface area contributed by atoms with Crippen molar-refractivity contribution in [3.63, 3.8) is 0 Å². The Labute approximate surface area is 70.1 Å². The summed E-state index contributed by atoms with van der Waals surface area (Å²) >= 11 is 0. The Hall–Kier alpha value is -1.14. The third-order valence-corrected chi connectivity index (χ3v) is 1.17. The summed E-state index contributed by atoms with van der Waals surface area (Å²) in [5.74, 6) is 4.07. The normalized spacial score (nSPS) is 11.9. The SMILES string of the molecule is CC(=O)NCC(O)CC(=O)NN.